The fraction of sp³-hybridized carbons (Fsp3) is 0. The molecular weight excluding hydrogens is 150 g/mol. The van der Waals surface area contributed by atoms with E-state index in [2.05, 4.69) is 0 Å². The van der Waals surface area contributed by atoms with Crippen molar-refractivity contribution in [2.75, 3.05) is 0 Å². The predicted octanol–water partition coefficient (Wildman–Crippen LogP) is -3.37. The Bertz CT molecular complexity index is 16.4. The summed E-state index contributed by atoms with van der Waals surface area (Å²) in [5, 5.41) is 21.5. The van der Waals surface area contributed by atoms with Crippen molar-refractivity contribution < 1.29 is 20.5 Å². The van der Waals surface area contributed by atoms with Gasteiger partial charge in [-0.1, -0.05) is 0 Å². The van der Waals surface area contributed by atoms with E-state index in [1.165, 1.54) is 0 Å². The molecule has 0 saturated heterocycles. The van der Waals surface area contributed by atoms with Crippen molar-refractivity contribution in [2.24, 2.45) is 0 Å². The van der Waals surface area contributed by atoms with Crippen LogP contribution in [-0.2, 0) is 0 Å². The van der Waals surface area contributed by atoms with E-state index in [4.69, 9.17) is 15.1 Å². The first kappa shape index (κ1) is 23.7. The van der Waals surface area contributed by atoms with Crippen LogP contribution in [0.15, 0.2) is 0 Å². The molecule has 5 N–H and O–H groups in total. The second-order valence-corrected chi connectivity index (χ2v) is 0.346. The third kappa shape index (κ3) is 105. The van der Waals surface area contributed by atoms with Gasteiger partial charge in [-0.05, 0) is 0 Å². The average molecular weight is 158 g/mol. The molecule has 0 aliphatic rings. The Labute approximate surface area is 77.4 Å². The van der Waals surface area contributed by atoms with Crippen LogP contribution in [-0.4, -0.2) is 65.6 Å². The van der Waals surface area contributed by atoms with Crippen LogP contribution in [0.2, 0.25) is 0 Å². The van der Waals surface area contributed by atoms with E-state index in [1.54, 1.807) is 0 Å². The van der Waals surface area contributed by atoms with E-state index in [0.717, 1.165) is 0 Å². The number of hydrogen-bond donors (Lipinski definition) is 3. The molecule has 0 aliphatic carbocycles. The Hall–Kier alpha value is 1.45. The summed E-state index contributed by atoms with van der Waals surface area (Å²) < 4.78 is 0. The zero-order valence-corrected chi connectivity index (χ0v) is 3.64. The summed E-state index contributed by atoms with van der Waals surface area (Å²) in [5.74, 6) is 0. The second-order valence-electron chi connectivity index (χ2n) is 0.346. The van der Waals surface area contributed by atoms with E-state index >= 15 is 0 Å². The van der Waals surface area contributed by atoms with Gasteiger partial charge in [-0.3, -0.25) is 0 Å². The van der Waals surface area contributed by atoms with Gasteiger partial charge in [0, 0.05) is 0 Å². The van der Waals surface area contributed by atoms with Gasteiger partial charge in [-0.2, -0.15) is 0 Å². The summed E-state index contributed by atoms with van der Waals surface area (Å²) >= 11 is 0. The number of rotatable bonds is 0. The minimum atomic E-state index is -2.17. The second kappa shape index (κ2) is 15.7. The van der Waals surface area contributed by atoms with Crippen molar-refractivity contribution in [3.63, 3.8) is 0 Å². The zero-order chi connectivity index (χ0) is 3.58. The predicted molar refractivity (Wildman–Crippen MR) is 31.8 cm³/mol. The molecule has 4 nitrogen and oxygen atoms in total. The molecule has 0 amide bonds. The first-order valence-electron chi connectivity index (χ1n) is 0.775. The normalized spacial score (nSPS) is 3.86. The quantitative estimate of drug-likeness (QED) is 0.321. The Morgan fingerprint density at radius 2 is 1.00 bits per heavy atom. The van der Waals surface area contributed by atoms with Gasteiger partial charge >= 0.3 is 45.1 Å². The van der Waals surface area contributed by atoms with Gasteiger partial charge in [0.1, 0.15) is 0 Å². The molecule has 0 aliphatic heterocycles. The summed E-state index contributed by atoms with van der Waals surface area (Å²) in [5.41, 5.74) is 0. The maximum absolute atomic E-state index is 7.17. The molecule has 0 heterocycles. The molecule has 0 bridgehead atoms. The zero-order valence-electron chi connectivity index (χ0n) is 2.83. The van der Waals surface area contributed by atoms with E-state index in [9.17, 15) is 0 Å². The van der Waals surface area contributed by atoms with E-state index in [1.807, 2.05) is 0 Å². The van der Waals surface area contributed by atoms with E-state index in [-0.39, 0.29) is 55.6 Å². The first-order valence-corrected chi connectivity index (χ1v) is 0.775. The molecule has 0 spiro atoms. The molecule has 0 aromatic heterocycles. The molecule has 0 rings (SSSR count). The Balaban J connectivity index is -0.0000000150. The number of halogens is 1. The van der Waals surface area contributed by atoms with Gasteiger partial charge in [0.2, 0.25) is 0 Å². The molecule has 7 heavy (non-hydrogen) atoms. The van der Waals surface area contributed by atoms with Gasteiger partial charge in [0.15, 0.2) is 0 Å². The summed E-state index contributed by atoms with van der Waals surface area (Å²) in [6, 6.07) is 0. The molecule has 7 heteroatoms. The van der Waals surface area contributed by atoms with Crippen LogP contribution in [0.1, 0.15) is 0 Å². The van der Waals surface area contributed by atoms with E-state index < -0.39 is 7.32 Å². The Morgan fingerprint density at radius 3 is 1.00 bits per heavy atom. The van der Waals surface area contributed by atoms with Crippen LogP contribution in [0.25, 0.3) is 0 Å². The third-order valence-electron chi connectivity index (χ3n) is 0. The van der Waals surface area contributed by atoms with Crippen molar-refractivity contribution in [3.8, 4) is 0 Å². The monoisotopic (exact) mass is 158 g/mol. The SMILES string of the molecule is Cl.O.OB(O)O.[CaH2]. The standard InChI is InChI=1S/BH3O3.Ca.ClH.H2O.2H/c2-1(3)4;;;;;/h2-4H;;1H;1H2;;. The summed E-state index contributed by atoms with van der Waals surface area (Å²) in [7, 11) is -2.17. The van der Waals surface area contributed by atoms with Crippen LogP contribution < -0.4 is 0 Å². The molecule has 0 fully saturated rings. The van der Waals surface area contributed by atoms with Crippen molar-refractivity contribution in [1.29, 1.82) is 0 Å². The minimum absolute atomic E-state index is 0. The molecule has 0 aromatic rings. The van der Waals surface area contributed by atoms with Gasteiger partial charge in [0.25, 0.3) is 0 Å². The van der Waals surface area contributed by atoms with Crippen LogP contribution in [0.3, 0.4) is 0 Å². The Kier molecular flexibility index (Phi) is 52.9. The van der Waals surface area contributed by atoms with Crippen LogP contribution in [0.5, 0.6) is 0 Å². The molecule has 0 aromatic carbocycles. The summed E-state index contributed by atoms with van der Waals surface area (Å²) in [6.45, 7) is 0. The van der Waals surface area contributed by atoms with Gasteiger partial charge in [-0.15, -0.1) is 12.4 Å². The maximum atomic E-state index is 7.17. The summed E-state index contributed by atoms with van der Waals surface area (Å²) in [4.78, 5) is 0. The molecule has 0 saturated carbocycles. The third-order valence-corrected chi connectivity index (χ3v) is 0. The Morgan fingerprint density at radius 1 is 1.00 bits per heavy atom. The van der Waals surface area contributed by atoms with E-state index in [0.29, 0.717) is 0 Å². The topological polar surface area (TPSA) is 92.2 Å². The first-order chi connectivity index (χ1) is 1.73. The summed E-state index contributed by atoms with van der Waals surface area (Å²) in [6.07, 6.45) is 0. The molecule has 0 atom stereocenters. The van der Waals surface area contributed by atoms with Crippen LogP contribution in [0, 0.1) is 0 Å². The van der Waals surface area contributed by atoms with Gasteiger partial charge in [0.05, 0.1) is 0 Å². The van der Waals surface area contributed by atoms with Crippen molar-refractivity contribution in [2.45, 2.75) is 0 Å². The number of hydrogen-bond acceptors (Lipinski definition) is 3. The molecular formula is H8BCaClO4. The average Bonchev–Trinajstić information content (AvgIpc) is 0.811. The fourth-order valence-electron chi connectivity index (χ4n) is 0. The molecule has 0 radical (unpaired) electrons. The fourth-order valence-corrected chi connectivity index (χ4v) is 0. The van der Waals surface area contributed by atoms with Crippen LogP contribution >= 0.6 is 12.4 Å². The molecule has 44 valence electrons. The van der Waals surface area contributed by atoms with Crippen molar-refractivity contribution in [1.82, 2.24) is 0 Å². The van der Waals surface area contributed by atoms with Crippen molar-refractivity contribution in [3.05, 3.63) is 0 Å². The van der Waals surface area contributed by atoms with Gasteiger partial charge < -0.3 is 20.5 Å². The van der Waals surface area contributed by atoms with Crippen LogP contribution in [0.4, 0.5) is 0 Å². The van der Waals surface area contributed by atoms with Crippen molar-refractivity contribution >= 4 is 57.5 Å². The van der Waals surface area contributed by atoms with Gasteiger partial charge in [-0.25, -0.2) is 0 Å². The molecule has 0 unspecified atom stereocenters.